The average molecular weight is 209 g/mol. The second kappa shape index (κ2) is 4.68. The summed E-state index contributed by atoms with van der Waals surface area (Å²) in [6, 6.07) is 0. The molecule has 0 heterocycles. The number of hydrogen-bond acceptors (Lipinski definition) is 3. The molecule has 0 fully saturated rings. The van der Waals surface area contributed by atoms with Crippen molar-refractivity contribution in [2.24, 2.45) is 5.73 Å². The fraction of sp³-hybridized carbons (Fsp3) is 0.889. The van der Waals surface area contributed by atoms with Crippen LogP contribution >= 0.6 is 0 Å². The molecule has 14 heavy (non-hydrogen) atoms. The van der Waals surface area contributed by atoms with Crippen molar-refractivity contribution in [2.45, 2.75) is 45.1 Å². The monoisotopic (exact) mass is 209 g/mol. The van der Waals surface area contributed by atoms with Crippen molar-refractivity contribution in [1.29, 1.82) is 0 Å². The second-order valence-corrected chi connectivity index (χ2v) is 4.16. The van der Waals surface area contributed by atoms with Gasteiger partial charge in [0.2, 0.25) is 0 Å². The van der Waals surface area contributed by atoms with Crippen LogP contribution in [0.5, 0.6) is 0 Å². The quantitative estimate of drug-likeness (QED) is 0.717. The second-order valence-electron chi connectivity index (χ2n) is 4.16. The van der Waals surface area contributed by atoms with Gasteiger partial charge in [-0.2, -0.15) is 0 Å². The van der Waals surface area contributed by atoms with Crippen molar-refractivity contribution < 1.29 is 18.3 Å². The first kappa shape index (κ1) is 13.3. The van der Waals surface area contributed by atoms with E-state index < -0.39 is 30.3 Å². The Bertz CT molecular complexity index is 199. The summed E-state index contributed by atoms with van der Waals surface area (Å²) >= 11 is 0. The summed E-state index contributed by atoms with van der Waals surface area (Å²) in [5.74, 6) is -3.95. The van der Waals surface area contributed by atoms with E-state index in [1.807, 2.05) is 0 Å². The first-order valence-electron chi connectivity index (χ1n) is 4.46. The summed E-state index contributed by atoms with van der Waals surface area (Å²) in [5.41, 5.74) is 4.26. The van der Waals surface area contributed by atoms with Gasteiger partial charge in [-0.1, -0.05) is 0 Å². The Kier molecular flexibility index (Phi) is 4.45. The molecule has 0 amide bonds. The lowest BCUT2D eigenvalue weighted by atomic mass is 10.1. The Morgan fingerprint density at radius 3 is 2.21 bits per heavy atom. The summed E-state index contributed by atoms with van der Waals surface area (Å²) in [6.07, 6.45) is -1.40. The number of rotatable bonds is 4. The van der Waals surface area contributed by atoms with E-state index >= 15 is 0 Å². The van der Waals surface area contributed by atoms with E-state index in [0.717, 1.165) is 0 Å². The molecular weight excluding hydrogens is 192 g/mol. The molecule has 2 N–H and O–H groups in total. The smallest absolute Gasteiger partial charge is 0.312 e. The molecule has 0 aliphatic heterocycles. The van der Waals surface area contributed by atoms with Gasteiger partial charge in [-0.25, -0.2) is 8.78 Å². The van der Waals surface area contributed by atoms with E-state index in [1.54, 1.807) is 20.8 Å². The Morgan fingerprint density at radius 1 is 1.36 bits per heavy atom. The molecule has 0 aliphatic rings. The molecule has 0 aliphatic carbocycles. The molecule has 5 heteroatoms. The van der Waals surface area contributed by atoms with Crippen molar-refractivity contribution in [3.05, 3.63) is 0 Å². The molecule has 0 spiro atoms. The standard InChI is InChI=1S/C9H17F2NO2/c1-8(2,3)14-7(13)6-9(10,11)4-5-12/h4-6,12H2,1-3H3. The highest BCUT2D eigenvalue weighted by Crippen LogP contribution is 2.23. The third-order valence-corrected chi connectivity index (χ3v) is 1.33. The Morgan fingerprint density at radius 2 is 1.86 bits per heavy atom. The Labute approximate surface area is 82.6 Å². The van der Waals surface area contributed by atoms with Crippen LogP contribution in [-0.2, 0) is 9.53 Å². The van der Waals surface area contributed by atoms with Gasteiger partial charge in [0.05, 0.1) is 0 Å². The summed E-state index contributed by atoms with van der Waals surface area (Å²) in [7, 11) is 0. The molecule has 0 atom stereocenters. The van der Waals surface area contributed by atoms with Gasteiger partial charge in [-0.05, 0) is 27.3 Å². The topological polar surface area (TPSA) is 52.3 Å². The normalized spacial score (nSPS) is 12.7. The van der Waals surface area contributed by atoms with Gasteiger partial charge in [0.1, 0.15) is 12.0 Å². The maximum atomic E-state index is 12.9. The van der Waals surface area contributed by atoms with Crippen LogP contribution in [0, 0.1) is 0 Å². The maximum Gasteiger partial charge on any atom is 0.312 e. The molecule has 0 bridgehead atoms. The van der Waals surface area contributed by atoms with Crippen molar-refractivity contribution in [3.63, 3.8) is 0 Å². The summed E-state index contributed by atoms with van der Waals surface area (Å²) in [5, 5.41) is 0. The van der Waals surface area contributed by atoms with Gasteiger partial charge in [0.25, 0.3) is 5.92 Å². The Hall–Kier alpha value is -0.710. The molecule has 0 aromatic carbocycles. The van der Waals surface area contributed by atoms with Gasteiger partial charge in [0, 0.05) is 6.42 Å². The number of alkyl halides is 2. The summed E-state index contributed by atoms with van der Waals surface area (Å²) in [4.78, 5) is 11.0. The van der Waals surface area contributed by atoms with E-state index in [1.165, 1.54) is 0 Å². The largest absolute Gasteiger partial charge is 0.460 e. The van der Waals surface area contributed by atoms with Gasteiger partial charge < -0.3 is 10.5 Å². The minimum absolute atomic E-state index is 0.143. The number of carbonyl (C=O) groups excluding carboxylic acids is 1. The number of nitrogens with two attached hydrogens (primary N) is 1. The number of esters is 1. The lowest BCUT2D eigenvalue weighted by Gasteiger charge is -2.21. The van der Waals surface area contributed by atoms with Crippen LogP contribution in [0.1, 0.15) is 33.6 Å². The zero-order valence-corrected chi connectivity index (χ0v) is 8.77. The first-order valence-corrected chi connectivity index (χ1v) is 4.46. The zero-order valence-electron chi connectivity index (χ0n) is 8.77. The highest BCUT2D eigenvalue weighted by Gasteiger charge is 2.33. The van der Waals surface area contributed by atoms with E-state index in [4.69, 9.17) is 10.5 Å². The minimum Gasteiger partial charge on any atom is -0.460 e. The summed E-state index contributed by atoms with van der Waals surface area (Å²) < 4.78 is 30.5. The molecule has 0 radical (unpaired) electrons. The van der Waals surface area contributed by atoms with Crippen LogP contribution < -0.4 is 5.73 Å². The number of halogens is 2. The van der Waals surface area contributed by atoms with Crippen LogP contribution in [-0.4, -0.2) is 24.0 Å². The van der Waals surface area contributed by atoms with Gasteiger partial charge in [-0.3, -0.25) is 4.79 Å². The van der Waals surface area contributed by atoms with Crippen molar-refractivity contribution in [2.75, 3.05) is 6.54 Å². The average Bonchev–Trinajstić information content (AvgIpc) is 1.78. The maximum absolute atomic E-state index is 12.9. The third kappa shape index (κ3) is 6.77. The van der Waals surface area contributed by atoms with Crippen molar-refractivity contribution >= 4 is 5.97 Å². The lowest BCUT2D eigenvalue weighted by molar-refractivity contribution is -0.162. The number of carbonyl (C=O) groups is 1. The molecule has 84 valence electrons. The fourth-order valence-corrected chi connectivity index (χ4v) is 0.888. The molecule has 0 rings (SSSR count). The molecule has 0 saturated carbocycles. The highest BCUT2D eigenvalue weighted by molar-refractivity contribution is 5.70. The van der Waals surface area contributed by atoms with Crippen LogP contribution in [0.3, 0.4) is 0 Å². The van der Waals surface area contributed by atoms with E-state index in [-0.39, 0.29) is 6.54 Å². The van der Waals surface area contributed by atoms with Crippen LogP contribution in [0.2, 0.25) is 0 Å². The predicted octanol–water partition coefficient (Wildman–Crippen LogP) is 1.70. The minimum atomic E-state index is -3.06. The number of ether oxygens (including phenoxy) is 1. The SMILES string of the molecule is CC(C)(C)OC(=O)CC(F)(F)CCN. The Balaban J connectivity index is 4.06. The highest BCUT2D eigenvalue weighted by atomic mass is 19.3. The van der Waals surface area contributed by atoms with Crippen molar-refractivity contribution in [3.8, 4) is 0 Å². The van der Waals surface area contributed by atoms with Crippen LogP contribution in [0.25, 0.3) is 0 Å². The van der Waals surface area contributed by atoms with Gasteiger partial charge >= 0.3 is 5.97 Å². The van der Waals surface area contributed by atoms with E-state index in [0.29, 0.717) is 0 Å². The fourth-order valence-electron chi connectivity index (χ4n) is 0.888. The predicted molar refractivity (Wildman–Crippen MR) is 49.1 cm³/mol. The zero-order chi connectivity index (χ0) is 11.4. The number of hydrogen-bond donors (Lipinski definition) is 1. The molecule has 3 nitrogen and oxygen atoms in total. The van der Waals surface area contributed by atoms with Gasteiger partial charge in [0.15, 0.2) is 0 Å². The first-order chi connectivity index (χ1) is 6.16. The lowest BCUT2D eigenvalue weighted by Crippen LogP contribution is -2.30. The van der Waals surface area contributed by atoms with E-state index in [2.05, 4.69) is 0 Å². The molecule has 0 aromatic rings. The summed E-state index contributed by atoms with van der Waals surface area (Å²) in [6.45, 7) is 4.75. The van der Waals surface area contributed by atoms with Gasteiger partial charge in [-0.15, -0.1) is 0 Å². The van der Waals surface area contributed by atoms with Crippen LogP contribution in [0.4, 0.5) is 8.78 Å². The van der Waals surface area contributed by atoms with Crippen LogP contribution in [0.15, 0.2) is 0 Å². The molecule has 0 aromatic heterocycles. The molecule has 0 saturated heterocycles. The molecule has 0 unspecified atom stereocenters. The van der Waals surface area contributed by atoms with E-state index in [9.17, 15) is 13.6 Å². The third-order valence-electron chi connectivity index (χ3n) is 1.33. The molecular formula is C9H17F2NO2. The van der Waals surface area contributed by atoms with Crippen molar-refractivity contribution in [1.82, 2.24) is 0 Å².